The number of phenolic OH excluding ortho intramolecular Hbond substituents is 2. The Kier molecular flexibility index (Phi) is 1.89. The van der Waals surface area contributed by atoms with Gasteiger partial charge in [0.15, 0.2) is 11.5 Å². The van der Waals surface area contributed by atoms with Gasteiger partial charge in [0, 0.05) is 22.7 Å². The molecule has 5 heteroatoms. The van der Waals surface area contributed by atoms with Crippen LogP contribution in [0.4, 0.5) is 0 Å². The van der Waals surface area contributed by atoms with Crippen molar-refractivity contribution in [3.05, 3.63) is 27.8 Å². The molecule has 0 aliphatic heterocycles. The van der Waals surface area contributed by atoms with Crippen molar-refractivity contribution in [2.75, 3.05) is 0 Å². The van der Waals surface area contributed by atoms with Crippen molar-refractivity contribution in [2.45, 2.75) is 13.8 Å². The monoisotopic (exact) mass is 206 g/mol. The van der Waals surface area contributed by atoms with Gasteiger partial charge in [0.2, 0.25) is 0 Å². The maximum absolute atomic E-state index is 11.1. The zero-order chi connectivity index (χ0) is 11.2. The van der Waals surface area contributed by atoms with Gasteiger partial charge < -0.3 is 15.2 Å². The first-order chi connectivity index (χ1) is 7.00. The largest absolute Gasteiger partial charge is 0.504 e. The molecule has 1 heterocycles. The van der Waals surface area contributed by atoms with Gasteiger partial charge in [-0.3, -0.25) is 0 Å². The number of nitrogens with zero attached hydrogens (tertiary/aromatic N) is 1. The Morgan fingerprint density at radius 2 is 2.00 bits per heavy atom. The lowest BCUT2D eigenvalue weighted by Crippen LogP contribution is -2.11. The number of aromatic amines is 1. The number of nitrogens with one attached hydrogen (secondary N) is 1. The van der Waals surface area contributed by atoms with Crippen molar-refractivity contribution in [1.29, 1.82) is 0 Å². The zero-order valence-corrected chi connectivity index (χ0v) is 8.33. The number of rotatable bonds is 0. The maximum Gasteiger partial charge on any atom is 0.345 e. The van der Waals surface area contributed by atoms with Gasteiger partial charge in [-0.05, 0) is 13.8 Å². The van der Waals surface area contributed by atoms with Crippen molar-refractivity contribution in [1.82, 2.24) is 9.97 Å². The summed E-state index contributed by atoms with van der Waals surface area (Å²) in [4.78, 5) is 17.4. The number of fused-ring (bicyclic) bond motifs is 1. The number of H-pyrrole nitrogens is 1. The molecule has 0 unspecified atom stereocenters. The number of aryl methyl sites for hydroxylation is 2. The highest BCUT2D eigenvalue weighted by Crippen LogP contribution is 2.34. The smallest absolute Gasteiger partial charge is 0.345 e. The van der Waals surface area contributed by atoms with Crippen LogP contribution in [0.2, 0.25) is 0 Å². The van der Waals surface area contributed by atoms with E-state index in [1.54, 1.807) is 13.8 Å². The van der Waals surface area contributed by atoms with Crippen molar-refractivity contribution < 1.29 is 10.2 Å². The minimum atomic E-state index is -0.468. The highest BCUT2D eigenvalue weighted by atomic mass is 16.3. The van der Waals surface area contributed by atoms with E-state index < -0.39 is 5.69 Å². The van der Waals surface area contributed by atoms with Crippen molar-refractivity contribution in [3.8, 4) is 11.5 Å². The molecule has 2 rings (SSSR count). The summed E-state index contributed by atoms with van der Waals surface area (Å²) in [5, 5.41) is 19.6. The van der Waals surface area contributed by atoms with Crippen molar-refractivity contribution in [3.63, 3.8) is 0 Å². The molecule has 0 fully saturated rings. The molecule has 0 aliphatic carbocycles. The van der Waals surface area contributed by atoms with Crippen LogP contribution in [0.15, 0.2) is 10.9 Å². The number of hydrogen-bond acceptors (Lipinski definition) is 4. The second-order valence-electron chi connectivity index (χ2n) is 3.43. The summed E-state index contributed by atoms with van der Waals surface area (Å²) >= 11 is 0. The molecule has 0 radical (unpaired) electrons. The molecular weight excluding hydrogens is 196 g/mol. The standard InChI is InChI=1S/C10H10N2O3/c1-4-8-5(2)11-10(15)12-6(8)3-7(13)9(4)14/h3,13-14H,1-2H3,(H,11,12,15). The van der Waals surface area contributed by atoms with Crippen LogP contribution in [0.3, 0.4) is 0 Å². The number of aromatic hydroxyl groups is 2. The number of hydrogen-bond donors (Lipinski definition) is 3. The third-order valence-corrected chi connectivity index (χ3v) is 2.39. The van der Waals surface area contributed by atoms with Gasteiger partial charge in [0.05, 0.1) is 5.52 Å². The SMILES string of the molecule is Cc1[nH]c(=O)nc2cc(O)c(O)c(C)c12. The first kappa shape index (κ1) is 9.51. The molecule has 78 valence electrons. The van der Waals surface area contributed by atoms with Gasteiger partial charge in [0.25, 0.3) is 0 Å². The van der Waals surface area contributed by atoms with Gasteiger partial charge in [-0.1, -0.05) is 0 Å². The van der Waals surface area contributed by atoms with Crippen molar-refractivity contribution in [2.24, 2.45) is 0 Å². The third kappa shape index (κ3) is 1.32. The van der Waals surface area contributed by atoms with E-state index in [1.807, 2.05) is 0 Å². The zero-order valence-electron chi connectivity index (χ0n) is 8.33. The van der Waals surface area contributed by atoms with E-state index in [0.29, 0.717) is 22.2 Å². The number of phenols is 2. The first-order valence-corrected chi connectivity index (χ1v) is 4.43. The Morgan fingerprint density at radius 3 is 2.67 bits per heavy atom. The normalized spacial score (nSPS) is 10.8. The van der Waals surface area contributed by atoms with Crippen LogP contribution in [0.1, 0.15) is 11.3 Å². The summed E-state index contributed by atoms with van der Waals surface area (Å²) in [6, 6.07) is 1.28. The van der Waals surface area contributed by atoms with Gasteiger partial charge in [-0.25, -0.2) is 4.79 Å². The topological polar surface area (TPSA) is 86.2 Å². The molecule has 0 saturated carbocycles. The lowest BCUT2D eigenvalue weighted by Gasteiger charge is -2.07. The summed E-state index contributed by atoms with van der Waals surface area (Å²) in [5.41, 5.74) is 1.04. The second-order valence-corrected chi connectivity index (χ2v) is 3.43. The molecule has 0 saturated heterocycles. The van der Waals surface area contributed by atoms with E-state index >= 15 is 0 Å². The summed E-state index contributed by atoms with van der Waals surface area (Å²) in [5.74, 6) is -0.447. The average molecular weight is 206 g/mol. The number of benzene rings is 1. The predicted octanol–water partition coefficient (Wildman–Crippen LogP) is 0.951. The van der Waals surface area contributed by atoms with Crippen LogP contribution in [0.5, 0.6) is 11.5 Å². The van der Waals surface area contributed by atoms with Gasteiger partial charge in [0.1, 0.15) is 0 Å². The Balaban J connectivity index is 3.05. The summed E-state index contributed by atoms with van der Waals surface area (Å²) in [6.45, 7) is 3.37. The fourth-order valence-electron chi connectivity index (χ4n) is 1.69. The van der Waals surface area contributed by atoms with Crippen LogP contribution >= 0.6 is 0 Å². The Hall–Kier alpha value is -2.04. The van der Waals surface area contributed by atoms with Crippen molar-refractivity contribution >= 4 is 10.9 Å². The molecule has 15 heavy (non-hydrogen) atoms. The van der Waals surface area contributed by atoms with E-state index in [-0.39, 0.29) is 11.5 Å². The molecule has 0 bridgehead atoms. The number of aromatic nitrogens is 2. The Bertz CT molecular complexity index is 602. The summed E-state index contributed by atoms with van der Waals surface area (Å²) in [7, 11) is 0. The molecule has 0 amide bonds. The van der Waals surface area contributed by atoms with Crippen LogP contribution in [0.25, 0.3) is 10.9 Å². The van der Waals surface area contributed by atoms with E-state index in [2.05, 4.69) is 9.97 Å². The fraction of sp³-hybridized carbons (Fsp3) is 0.200. The van der Waals surface area contributed by atoms with E-state index in [1.165, 1.54) is 6.07 Å². The highest BCUT2D eigenvalue weighted by Gasteiger charge is 2.11. The summed E-state index contributed by atoms with van der Waals surface area (Å²) < 4.78 is 0. The molecule has 0 atom stereocenters. The molecule has 3 N–H and O–H groups in total. The molecule has 5 nitrogen and oxygen atoms in total. The second kappa shape index (κ2) is 2.98. The lowest BCUT2D eigenvalue weighted by molar-refractivity contribution is 0.402. The molecule has 1 aromatic carbocycles. The van der Waals surface area contributed by atoms with Crippen LogP contribution in [-0.4, -0.2) is 20.2 Å². The first-order valence-electron chi connectivity index (χ1n) is 4.43. The summed E-state index contributed by atoms with van der Waals surface area (Å²) in [6.07, 6.45) is 0. The molecule has 0 aliphatic rings. The minimum absolute atomic E-state index is 0.181. The predicted molar refractivity (Wildman–Crippen MR) is 55.2 cm³/mol. The maximum atomic E-state index is 11.1. The van der Waals surface area contributed by atoms with Crippen LogP contribution in [0, 0.1) is 13.8 Å². The quantitative estimate of drug-likeness (QED) is 0.560. The Morgan fingerprint density at radius 1 is 1.33 bits per heavy atom. The minimum Gasteiger partial charge on any atom is -0.504 e. The molecule has 0 spiro atoms. The van der Waals surface area contributed by atoms with E-state index in [4.69, 9.17) is 0 Å². The van der Waals surface area contributed by atoms with Gasteiger partial charge in [-0.2, -0.15) is 4.98 Å². The Labute approximate surface area is 85.0 Å². The van der Waals surface area contributed by atoms with E-state index in [0.717, 1.165) is 0 Å². The highest BCUT2D eigenvalue weighted by molar-refractivity contribution is 5.88. The molecule has 1 aromatic heterocycles. The van der Waals surface area contributed by atoms with Gasteiger partial charge in [-0.15, -0.1) is 0 Å². The average Bonchev–Trinajstić information content (AvgIpc) is 2.13. The fourth-order valence-corrected chi connectivity index (χ4v) is 1.69. The van der Waals surface area contributed by atoms with Gasteiger partial charge >= 0.3 is 5.69 Å². The lowest BCUT2D eigenvalue weighted by atomic mass is 10.1. The molecule has 2 aromatic rings. The van der Waals surface area contributed by atoms with E-state index in [9.17, 15) is 15.0 Å². The third-order valence-electron chi connectivity index (χ3n) is 2.39. The van der Waals surface area contributed by atoms with Crippen LogP contribution < -0.4 is 5.69 Å². The van der Waals surface area contributed by atoms with Crippen LogP contribution in [-0.2, 0) is 0 Å². The molecular formula is C10H10N2O3.